The van der Waals surface area contributed by atoms with Gasteiger partial charge in [0.05, 0.1) is 25.1 Å². The van der Waals surface area contributed by atoms with Crippen LogP contribution in [0.15, 0.2) is 18.3 Å². The van der Waals surface area contributed by atoms with Crippen LogP contribution in [-0.4, -0.2) is 47.8 Å². The molecule has 1 saturated heterocycles. The van der Waals surface area contributed by atoms with Crippen molar-refractivity contribution in [1.82, 2.24) is 4.98 Å². The number of morpholine rings is 1. The maximum atomic E-state index is 11.3. The van der Waals surface area contributed by atoms with E-state index in [1.165, 1.54) is 12.3 Å². The van der Waals surface area contributed by atoms with Crippen molar-refractivity contribution in [1.29, 1.82) is 0 Å². The van der Waals surface area contributed by atoms with Gasteiger partial charge in [0, 0.05) is 6.54 Å². The lowest BCUT2D eigenvalue weighted by atomic mass is 10.2. The van der Waals surface area contributed by atoms with Crippen LogP contribution in [0.1, 0.15) is 10.5 Å². The van der Waals surface area contributed by atoms with Gasteiger partial charge in [-0.15, -0.1) is 0 Å². The summed E-state index contributed by atoms with van der Waals surface area (Å²) in [7, 11) is 0. The van der Waals surface area contributed by atoms with E-state index in [4.69, 9.17) is 15.6 Å². The van der Waals surface area contributed by atoms with Crippen LogP contribution in [0.25, 0.3) is 0 Å². The van der Waals surface area contributed by atoms with Crippen molar-refractivity contribution in [3.8, 4) is 0 Å². The van der Waals surface area contributed by atoms with Crippen molar-refractivity contribution in [3.05, 3.63) is 24.0 Å². The first kappa shape index (κ1) is 12.3. The zero-order valence-electron chi connectivity index (χ0n) is 9.57. The number of amides is 1. The van der Waals surface area contributed by atoms with Crippen molar-refractivity contribution < 1.29 is 19.4 Å². The molecule has 1 aromatic rings. The zero-order chi connectivity index (χ0) is 13.1. The lowest BCUT2D eigenvalue weighted by Gasteiger charge is -2.35. The third-order valence-corrected chi connectivity index (χ3v) is 2.76. The van der Waals surface area contributed by atoms with Crippen LogP contribution in [0.4, 0.5) is 5.69 Å². The lowest BCUT2D eigenvalue weighted by molar-refractivity contribution is -0.121. The summed E-state index contributed by atoms with van der Waals surface area (Å²) in [5, 5.41) is 8.76. The molecule has 1 unspecified atom stereocenters. The number of rotatable bonds is 3. The molecular formula is C11H13N3O4. The van der Waals surface area contributed by atoms with Crippen LogP contribution < -0.4 is 10.6 Å². The molecule has 1 aliphatic rings. The Balaban J connectivity index is 2.23. The molecule has 1 aliphatic heterocycles. The highest BCUT2D eigenvalue weighted by molar-refractivity contribution is 5.86. The van der Waals surface area contributed by atoms with Crippen molar-refractivity contribution in [2.24, 2.45) is 5.73 Å². The van der Waals surface area contributed by atoms with E-state index in [0.717, 1.165) is 0 Å². The molecule has 0 saturated carbocycles. The van der Waals surface area contributed by atoms with Crippen LogP contribution >= 0.6 is 0 Å². The number of carbonyl (C=O) groups is 2. The number of aromatic carboxylic acids is 1. The topological polar surface area (TPSA) is 106 Å². The Morgan fingerprint density at radius 3 is 2.83 bits per heavy atom. The number of anilines is 1. The first-order valence-corrected chi connectivity index (χ1v) is 5.42. The third kappa shape index (κ3) is 2.40. The van der Waals surface area contributed by atoms with Crippen LogP contribution in [0, 0.1) is 0 Å². The summed E-state index contributed by atoms with van der Waals surface area (Å²) in [6, 6.07) is 2.46. The summed E-state index contributed by atoms with van der Waals surface area (Å²) in [5.41, 5.74) is 5.92. The molecule has 7 nitrogen and oxygen atoms in total. The highest BCUT2D eigenvalue weighted by atomic mass is 16.5. The Labute approximate surface area is 103 Å². The second-order valence-electron chi connectivity index (χ2n) is 3.89. The van der Waals surface area contributed by atoms with Gasteiger partial charge in [-0.1, -0.05) is 0 Å². The Morgan fingerprint density at radius 2 is 2.28 bits per heavy atom. The van der Waals surface area contributed by atoms with Crippen molar-refractivity contribution >= 4 is 17.6 Å². The fourth-order valence-corrected chi connectivity index (χ4v) is 1.83. The Hall–Kier alpha value is -2.15. The number of ether oxygens (including phenoxy) is 1. The first-order chi connectivity index (χ1) is 8.59. The largest absolute Gasteiger partial charge is 0.477 e. The summed E-state index contributed by atoms with van der Waals surface area (Å²) in [6.45, 7) is 1.24. The van der Waals surface area contributed by atoms with E-state index >= 15 is 0 Å². The summed E-state index contributed by atoms with van der Waals surface area (Å²) >= 11 is 0. The highest BCUT2D eigenvalue weighted by Crippen LogP contribution is 2.18. The molecule has 18 heavy (non-hydrogen) atoms. The molecule has 3 N–H and O–H groups in total. The second kappa shape index (κ2) is 5.01. The average molecular weight is 251 g/mol. The monoisotopic (exact) mass is 251 g/mol. The third-order valence-electron chi connectivity index (χ3n) is 2.76. The number of carboxylic acids is 1. The van der Waals surface area contributed by atoms with Gasteiger partial charge in [-0.3, -0.25) is 4.79 Å². The molecule has 0 aliphatic carbocycles. The Kier molecular flexibility index (Phi) is 3.42. The minimum atomic E-state index is -1.09. The maximum absolute atomic E-state index is 11.3. The van der Waals surface area contributed by atoms with Gasteiger partial charge in [0.1, 0.15) is 11.7 Å². The van der Waals surface area contributed by atoms with Crippen LogP contribution in [0.5, 0.6) is 0 Å². The van der Waals surface area contributed by atoms with E-state index < -0.39 is 17.9 Å². The molecule has 1 atom stereocenters. The minimum Gasteiger partial charge on any atom is -0.477 e. The molecule has 0 radical (unpaired) electrons. The maximum Gasteiger partial charge on any atom is 0.354 e. The first-order valence-electron chi connectivity index (χ1n) is 5.42. The number of aromatic nitrogens is 1. The summed E-state index contributed by atoms with van der Waals surface area (Å²) in [5.74, 6) is -1.56. The van der Waals surface area contributed by atoms with Crippen molar-refractivity contribution in [3.63, 3.8) is 0 Å². The standard InChI is InChI=1S/C11H13N3O4/c12-10(15)9-6-18-4-3-14(9)7-1-2-8(11(16)17)13-5-7/h1-2,5,9H,3-4,6H2,(H2,12,15)(H,16,17). The quantitative estimate of drug-likeness (QED) is 0.748. The molecule has 1 amide bonds. The molecule has 0 aromatic carbocycles. The van der Waals surface area contributed by atoms with Gasteiger partial charge in [0.25, 0.3) is 0 Å². The minimum absolute atomic E-state index is 0.0392. The number of nitrogens with zero attached hydrogens (tertiary/aromatic N) is 2. The van der Waals surface area contributed by atoms with Crippen molar-refractivity contribution in [2.45, 2.75) is 6.04 Å². The van der Waals surface area contributed by atoms with Gasteiger partial charge in [-0.25, -0.2) is 9.78 Å². The van der Waals surface area contributed by atoms with E-state index in [9.17, 15) is 9.59 Å². The predicted octanol–water partition coefficient (Wildman–Crippen LogP) is -0.530. The summed E-state index contributed by atoms with van der Waals surface area (Å²) in [6.07, 6.45) is 1.42. The summed E-state index contributed by atoms with van der Waals surface area (Å²) < 4.78 is 5.20. The van der Waals surface area contributed by atoms with E-state index in [-0.39, 0.29) is 12.3 Å². The van der Waals surface area contributed by atoms with Gasteiger partial charge in [0.2, 0.25) is 5.91 Å². The number of carboxylic acid groups (broad SMARTS) is 1. The molecule has 0 spiro atoms. The molecular weight excluding hydrogens is 238 g/mol. The Morgan fingerprint density at radius 1 is 1.50 bits per heavy atom. The van der Waals surface area contributed by atoms with Gasteiger partial charge in [-0.05, 0) is 12.1 Å². The van der Waals surface area contributed by atoms with Gasteiger partial charge in [-0.2, -0.15) is 0 Å². The number of nitrogens with two attached hydrogens (primary N) is 1. The fraction of sp³-hybridized carbons (Fsp3) is 0.364. The zero-order valence-corrected chi connectivity index (χ0v) is 9.57. The molecule has 1 fully saturated rings. The van der Waals surface area contributed by atoms with Gasteiger partial charge in [0.15, 0.2) is 0 Å². The number of hydrogen-bond acceptors (Lipinski definition) is 5. The Bertz CT molecular complexity index is 460. The molecule has 0 bridgehead atoms. The smallest absolute Gasteiger partial charge is 0.354 e. The number of carbonyl (C=O) groups excluding carboxylic acids is 1. The molecule has 2 rings (SSSR count). The molecule has 1 aromatic heterocycles. The normalized spacial score (nSPS) is 19.6. The van der Waals surface area contributed by atoms with E-state index in [0.29, 0.717) is 18.8 Å². The van der Waals surface area contributed by atoms with E-state index in [1.54, 1.807) is 11.0 Å². The van der Waals surface area contributed by atoms with E-state index in [1.807, 2.05) is 0 Å². The molecule has 96 valence electrons. The summed E-state index contributed by atoms with van der Waals surface area (Å²) in [4.78, 5) is 27.6. The number of hydrogen-bond donors (Lipinski definition) is 2. The lowest BCUT2D eigenvalue weighted by Crippen LogP contribution is -2.52. The van der Waals surface area contributed by atoms with Crippen LogP contribution in [0.2, 0.25) is 0 Å². The van der Waals surface area contributed by atoms with Gasteiger partial charge >= 0.3 is 5.97 Å². The van der Waals surface area contributed by atoms with Crippen LogP contribution in [0.3, 0.4) is 0 Å². The van der Waals surface area contributed by atoms with Crippen molar-refractivity contribution in [2.75, 3.05) is 24.7 Å². The molecule has 7 heteroatoms. The number of pyridine rings is 1. The highest BCUT2D eigenvalue weighted by Gasteiger charge is 2.28. The SMILES string of the molecule is NC(=O)C1COCCN1c1ccc(C(=O)O)nc1. The predicted molar refractivity (Wildman–Crippen MR) is 62.3 cm³/mol. The fourth-order valence-electron chi connectivity index (χ4n) is 1.83. The molecule has 2 heterocycles. The average Bonchev–Trinajstić information content (AvgIpc) is 2.39. The second-order valence-corrected chi connectivity index (χ2v) is 3.89. The number of primary amides is 1. The van der Waals surface area contributed by atoms with E-state index in [2.05, 4.69) is 4.98 Å². The van der Waals surface area contributed by atoms with Crippen LogP contribution in [-0.2, 0) is 9.53 Å². The van der Waals surface area contributed by atoms with Gasteiger partial charge < -0.3 is 20.5 Å².